The summed E-state index contributed by atoms with van der Waals surface area (Å²) in [5.41, 5.74) is -6.19. The minimum atomic E-state index is -2.13. The molecule has 14 heteroatoms. The van der Waals surface area contributed by atoms with Gasteiger partial charge in [0.2, 0.25) is 0 Å². The molecule has 0 spiro atoms. The van der Waals surface area contributed by atoms with Gasteiger partial charge < -0.3 is 38.3 Å². The van der Waals surface area contributed by atoms with Gasteiger partial charge in [0.1, 0.15) is 30.0 Å². The Kier molecular flexibility index (Phi) is 11.2. The second-order valence-electron chi connectivity index (χ2n) is 14.9. The number of hydrogen-bond acceptors (Lipinski definition) is 14. The number of carbonyl (C=O) groups is 6. The van der Waals surface area contributed by atoms with E-state index in [0.29, 0.717) is 12.0 Å². The van der Waals surface area contributed by atoms with Gasteiger partial charge in [-0.3, -0.25) is 28.8 Å². The number of unbranched alkanes of at least 4 members (excludes halogenated alkanes) is 2. The molecule has 0 aromatic rings. The lowest BCUT2D eigenvalue weighted by atomic mass is 9.44. The van der Waals surface area contributed by atoms with Crippen molar-refractivity contribution in [2.75, 3.05) is 6.61 Å². The fourth-order valence-electron chi connectivity index (χ4n) is 9.12. The minimum Gasteiger partial charge on any atom is -0.462 e. The molecule has 1 heterocycles. The molecule has 1 N–H and O–H groups in total. The molecule has 0 amide bonds. The largest absolute Gasteiger partial charge is 0.462 e. The maximum Gasteiger partial charge on any atom is 0.306 e. The van der Waals surface area contributed by atoms with E-state index in [1.54, 1.807) is 27.7 Å². The van der Waals surface area contributed by atoms with Gasteiger partial charge in [-0.25, -0.2) is 0 Å². The van der Waals surface area contributed by atoms with E-state index in [1.807, 2.05) is 6.92 Å². The lowest BCUT2D eigenvalue weighted by Crippen LogP contribution is -2.82. The smallest absolute Gasteiger partial charge is 0.306 e. The van der Waals surface area contributed by atoms with Crippen LogP contribution in [0.4, 0.5) is 0 Å². The number of carbonyl (C=O) groups excluding carboxylic acids is 6. The van der Waals surface area contributed by atoms with E-state index in [-0.39, 0.29) is 31.4 Å². The first kappa shape index (κ1) is 39.3. The summed E-state index contributed by atoms with van der Waals surface area (Å²) in [6, 6.07) is 0. The molecule has 1 saturated heterocycles. The molecule has 0 unspecified atom stereocenters. The molecule has 0 aromatic heterocycles. The molecule has 10 atom stereocenters. The topological polar surface area (TPSA) is 187 Å². The quantitative estimate of drug-likeness (QED) is 0.150. The van der Waals surface area contributed by atoms with E-state index in [0.717, 1.165) is 12.8 Å². The first-order valence-electron chi connectivity index (χ1n) is 17.3. The van der Waals surface area contributed by atoms with Crippen molar-refractivity contribution in [3.05, 3.63) is 11.1 Å². The molecule has 0 radical (unpaired) electrons. The van der Waals surface area contributed by atoms with Crippen LogP contribution in [0.15, 0.2) is 11.1 Å². The number of fused-ring (bicyclic) bond motifs is 5. The van der Waals surface area contributed by atoms with Gasteiger partial charge in [0.05, 0.1) is 17.9 Å². The predicted molar refractivity (Wildman–Crippen MR) is 173 cm³/mol. The summed E-state index contributed by atoms with van der Waals surface area (Å²) in [5.74, 6) is -5.57. The van der Waals surface area contributed by atoms with Crippen LogP contribution in [0.25, 0.3) is 0 Å². The molecule has 4 aliphatic rings. The van der Waals surface area contributed by atoms with Crippen LogP contribution in [0.5, 0.6) is 0 Å². The Labute approximate surface area is 292 Å². The van der Waals surface area contributed by atoms with Crippen LogP contribution in [0, 0.1) is 16.7 Å². The van der Waals surface area contributed by atoms with Gasteiger partial charge in [-0.15, -0.1) is 0 Å². The summed E-state index contributed by atoms with van der Waals surface area (Å²) in [6.07, 6.45) is -5.96. The summed E-state index contributed by atoms with van der Waals surface area (Å²) in [4.78, 5) is 78.1. The molecule has 2 saturated carbocycles. The van der Waals surface area contributed by atoms with Gasteiger partial charge in [-0.2, -0.15) is 0 Å². The average molecular weight is 709 g/mol. The Hall–Kier alpha value is -3.52. The molecule has 2 bridgehead atoms. The third-order valence-corrected chi connectivity index (χ3v) is 11.3. The van der Waals surface area contributed by atoms with E-state index in [1.165, 1.54) is 34.6 Å². The predicted octanol–water partition coefficient (Wildman–Crippen LogP) is 3.42. The van der Waals surface area contributed by atoms with Crippen molar-refractivity contribution in [2.45, 2.75) is 156 Å². The van der Waals surface area contributed by atoms with Gasteiger partial charge in [0, 0.05) is 59.3 Å². The second kappa shape index (κ2) is 14.2. The van der Waals surface area contributed by atoms with Gasteiger partial charge >= 0.3 is 35.8 Å². The van der Waals surface area contributed by atoms with Crippen molar-refractivity contribution in [1.82, 2.24) is 0 Å². The zero-order chi connectivity index (χ0) is 37.6. The second-order valence-corrected chi connectivity index (χ2v) is 14.9. The fraction of sp³-hybridized carbons (Fsp3) is 0.778. The van der Waals surface area contributed by atoms with Crippen molar-refractivity contribution < 1.29 is 67.0 Å². The van der Waals surface area contributed by atoms with E-state index in [9.17, 15) is 33.9 Å². The van der Waals surface area contributed by atoms with Gasteiger partial charge in [-0.05, 0) is 24.5 Å². The van der Waals surface area contributed by atoms with Crippen LogP contribution in [0.1, 0.15) is 108 Å². The van der Waals surface area contributed by atoms with Crippen molar-refractivity contribution in [3.8, 4) is 0 Å². The lowest BCUT2D eigenvalue weighted by Gasteiger charge is -2.69. The Morgan fingerprint density at radius 2 is 1.40 bits per heavy atom. The molecule has 280 valence electrons. The van der Waals surface area contributed by atoms with Gasteiger partial charge in [-0.1, -0.05) is 40.5 Å². The van der Waals surface area contributed by atoms with Crippen LogP contribution in [0.2, 0.25) is 0 Å². The first-order valence-corrected chi connectivity index (χ1v) is 17.3. The molecule has 14 nitrogen and oxygen atoms in total. The zero-order valence-electron chi connectivity index (χ0n) is 30.7. The molecule has 3 aliphatic carbocycles. The minimum absolute atomic E-state index is 0.00328. The van der Waals surface area contributed by atoms with Crippen molar-refractivity contribution in [3.63, 3.8) is 0 Å². The number of aliphatic hydroxyl groups is 1. The monoisotopic (exact) mass is 708 g/mol. The Morgan fingerprint density at radius 1 is 0.800 bits per heavy atom. The number of esters is 6. The maximum absolute atomic E-state index is 13.9. The number of ether oxygens (including phenoxy) is 7. The normalized spacial score (nSPS) is 36.9. The van der Waals surface area contributed by atoms with Crippen LogP contribution >= 0.6 is 0 Å². The first-order chi connectivity index (χ1) is 23.2. The standard InChI is InChI=1S/C36H52O14/c1-11-12-13-14-27(42)49-32-30-34(10,25(46-20(4)38)15-26-35(30,17-44-26)50-23(7)41)31(48-22(6)40)29(47-21(5)39)28-18(2)24(45-19(3)37)16-36(32,43)33(28,8)9/h24-26,29-32,43H,11-17H2,1-10H3/t24-,25-,26+,29+,30-,31-,32-,34+,35-,36-/m0/s1. The summed E-state index contributed by atoms with van der Waals surface area (Å²) >= 11 is 0. The van der Waals surface area contributed by atoms with Crippen molar-refractivity contribution in [2.24, 2.45) is 16.7 Å². The van der Waals surface area contributed by atoms with Crippen molar-refractivity contribution in [1.29, 1.82) is 0 Å². The van der Waals surface area contributed by atoms with E-state index < -0.39 is 100 Å². The highest BCUT2D eigenvalue weighted by atomic mass is 16.6. The van der Waals surface area contributed by atoms with Gasteiger partial charge in [0.15, 0.2) is 17.8 Å². The lowest BCUT2D eigenvalue weighted by molar-refractivity contribution is -0.366. The average Bonchev–Trinajstić information content (AvgIpc) is 2.96. The zero-order valence-corrected chi connectivity index (χ0v) is 30.7. The van der Waals surface area contributed by atoms with E-state index >= 15 is 0 Å². The van der Waals surface area contributed by atoms with Crippen LogP contribution in [-0.2, 0) is 61.9 Å². The Morgan fingerprint density at radius 3 is 1.90 bits per heavy atom. The Bertz CT molecular complexity index is 1430. The summed E-state index contributed by atoms with van der Waals surface area (Å²) in [6.45, 7) is 14.4. The van der Waals surface area contributed by atoms with Crippen molar-refractivity contribution >= 4 is 35.8 Å². The number of rotatable bonds is 10. The SMILES string of the molecule is CCCCCC(=O)O[C@H]1[C@@H]2[C@]3(OC(C)=O)CO[C@@H]3C[C@H](OC(C)=O)[C@@]2(C)[C@@H](OC(C)=O)[C@H](OC(C)=O)C2=C(C)[C@@H](OC(C)=O)C[C@@]1(O)C2(C)C. The Balaban J connectivity index is 2.20. The molecular weight excluding hydrogens is 656 g/mol. The van der Waals surface area contributed by atoms with E-state index in [2.05, 4.69) is 0 Å². The van der Waals surface area contributed by atoms with Crippen LogP contribution in [-0.4, -0.2) is 95.4 Å². The molecule has 50 heavy (non-hydrogen) atoms. The molecule has 3 fully saturated rings. The van der Waals surface area contributed by atoms with Crippen LogP contribution < -0.4 is 0 Å². The summed E-state index contributed by atoms with van der Waals surface area (Å²) < 4.78 is 42.5. The molecule has 1 aliphatic heterocycles. The fourth-order valence-corrected chi connectivity index (χ4v) is 9.12. The summed E-state index contributed by atoms with van der Waals surface area (Å²) in [5, 5.41) is 13.4. The summed E-state index contributed by atoms with van der Waals surface area (Å²) in [7, 11) is 0. The maximum atomic E-state index is 13.9. The van der Waals surface area contributed by atoms with Gasteiger partial charge in [0.25, 0.3) is 0 Å². The molecule has 0 aromatic carbocycles. The third kappa shape index (κ3) is 6.65. The number of hydrogen-bond donors (Lipinski definition) is 1. The molecular formula is C36H52O14. The third-order valence-electron chi connectivity index (χ3n) is 11.3. The molecule has 4 rings (SSSR count). The van der Waals surface area contributed by atoms with E-state index in [4.69, 9.17) is 33.2 Å². The highest BCUT2D eigenvalue weighted by molar-refractivity contribution is 5.71. The highest BCUT2D eigenvalue weighted by Gasteiger charge is 2.79. The van der Waals surface area contributed by atoms with Crippen LogP contribution in [0.3, 0.4) is 0 Å². The highest BCUT2D eigenvalue weighted by Crippen LogP contribution is 2.66.